The number of hydrogen-bond donors (Lipinski definition) is 0. The highest BCUT2D eigenvalue weighted by Gasteiger charge is 2.30. The van der Waals surface area contributed by atoms with Gasteiger partial charge in [0.2, 0.25) is 0 Å². The summed E-state index contributed by atoms with van der Waals surface area (Å²) in [5.41, 5.74) is 0.00451. The van der Waals surface area contributed by atoms with Crippen LogP contribution in [0.2, 0.25) is 0 Å². The molecule has 10 heteroatoms. The molecular formula is C18H15F3N4O3. The fourth-order valence-electron chi connectivity index (χ4n) is 2.91. The maximum atomic E-state index is 12.7. The molecule has 1 heterocycles. The Hall–Kier alpha value is -3.43. The average Bonchev–Trinajstić information content (AvgIpc) is 2.87. The lowest BCUT2D eigenvalue weighted by Gasteiger charge is -2.08. The zero-order valence-corrected chi connectivity index (χ0v) is 14.9. The SMILES string of the molecule is Cc1cc(Cn2nc(C)n(-c3ccc(C(F)(F)F)cc3)c2=O)ccc1[N+](=O)[O-]. The van der Waals surface area contributed by atoms with Gasteiger partial charge in [0.25, 0.3) is 5.69 Å². The molecule has 0 fully saturated rings. The molecule has 0 N–H and O–H groups in total. The number of alkyl halides is 3. The molecule has 2 aromatic carbocycles. The van der Waals surface area contributed by atoms with E-state index in [9.17, 15) is 28.1 Å². The smallest absolute Gasteiger partial charge is 0.258 e. The molecule has 0 aliphatic rings. The Labute approximate surface area is 156 Å². The lowest BCUT2D eigenvalue weighted by atomic mass is 10.1. The Bertz CT molecular complexity index is 1100. The molecular weight excluding hydrogens is 377 g/mol. The summed E-state index contributed by atoms with van der Waals surface area (Å²) in [6.07, 6.45) is -4.46. The number of halogens is 3. The lowest BCUT2D eigenvalue weighted by Crippen LogP contribution is -2.24. The molecule has 0 saturated carbocycles. The Balaban J connectivity index is 1.93. The number of rotatable bonds is 4. The van der Waals surface area contributed by atoms with Gasteiger partial charge in [0.15, 0.2) is 0 Å². The van der Waals surface area contributed by atoms with Crippen LogP contribution in [0.3, 0.4) is 0 Å². The van der Waals surface area contributed by atoms with Gasteiger partial charge in [-0.3, -0.25) is 10.1 Å². The summed E-state index contributed by atoms with van der Waals surface area (Å²) in [4.78, 5) is 23.1. The fraction of sp³-hybridized carbons (Fsp3) is 0.222. The maximum absolute atomic E-state index is 12.7. The van der Waals surface area contributed by atoms with Crippen molar-refractivity contribution in [3.05, 3.63) is 85.6 Å². The van der Waals surface area contributed by atoms with Gasteiger partial charge < -0.3 is 0 Å². The third-order valence-corrected chi connectivity index (χ3v) is 4.24. The van der Waals surface area contributed by atoms with Crippen molar-refractivity contribution in [3.8, 4) is 5.69 Å². The fourth-order valence-corrected chi connectivity index (χ4v) is 2.91. The van der Waals surface area contributed by atoms with Crippen LogP contribution < -0.4 is 5.69 Å². The number of aromatic nitrogens is 3. The van der Waals surface area contributed by atoms with Crippen LogP contribution in [0.4, 0.5) is 18.9 Å². The first kappa shape index (κ1) is 19.3. The van der Waals surface area contributed by atoms with Crippen LogP contribution in [-0.2, 0) is 12.7 Å². The third kappa shape index (κ3) is 3.66. The van der Waals surface area contributed by atoms with E-state index in [4.69, 9.17) is 0 Å². The van der Waals surface area contributed by atoms with E-state index in [2.05, 4.69) is 5.10 Å². The Kier molecular flexibility index (Phi) is 4.80. The predicted molar refractivity (Wildman–Crippen MR) is 94.5 cm³/mol. The minimum absolute atomic E-state index is 0.0254. The predicted octanol–water partition coefficient (Wildman–Crippen LogP) is 3.63. The number of benzene rings is 2. The Morgan fingerprint density at radius 2 is 1.75 bits per heavy atom. The quantitative estimate of drug-likeness (QED) is 0.502. The minimum atomic E-state index is -4.46. The average molecular weight is 392 g/mol. The first-order valence-corrected chi connectivity index (χ1v) is 8.16. The molecule has 0 saturated heterocycles. The summed E-state index contributed by atoms with van der Waals surface area (Å²) < 4.78 is 40.5. The van der Waals surface area contributed by atoms with Crippen LogP contribution in [0.5, 0.6) is 0 Å². The molecule has 0 radical (unpaired) electrons. The van der Waals surface area contributed by atoms with Gasteiger partial charge >= 0.3 is 11.9 Å². The summed E-state index contributed by atoms with van der Waals surface area (Å²) in [5.74, 6) is 0.309. The van der Waals surface area contributed by atoms with Crippen molar-refractivity contribution in [2.75, 3.05) is 0 Å². The van der Waals surface area contributed by atoms with Gasteiger partial charge in [0.1, 0.15) is 5.82 Å². The second-order valence-electron chi connectivity index (χ2n) is 6.25. The van der Waals surface area contributed by atoms with Crippen molar-refractivity contribution >= 4 is 5.69 Å². The molecule has 0 amide bonds. The zero-order valence-electron chi connectivity index (χ0n) is 14.9. The van der Waals surface area contributed by atoms with Gasteiger partial charge in [0, 0.05) is 11.6 Å². The van der Waals surface area contributed by atoms with Crippen molar-refractivity contribution in [1.82, 2.24) is 14.3 Å². The highest BCUT2D eigenvalue weighted by atomic mass is 19.4. The van der Waals surface area contributed by atoms with Gasteiger partial charge in [-0.05, 0) is 49.7 Å². The number of hydrogen-bond acceptors (Lipinski definition) is 4. The highest BCUT2D eigenvalue weighted by Crippen LogP contribution is 2.29. The molecule has 0 aliphatic carbocycles. The number of nitro benzene ring substituents is 1. The molecule has 28 heavy (non-hydrogen) atoms. The molecule has 1 aromatic heterocycles. The van der Waals surface area contributed by atoms with Crippen LogP contribution in [0, 0.1) is 24.0 Å². The van der Waals surface area contributed by atoms with Crippen LogP contribution in [0.15, 0.2) is 47.3 Å². The highest BCUT2D eigenvalue weighted by molar-refractivity contribution is 5.42. The molecule has 0 spiro atoms. The molecule has 0 unspecified atom stereocenters. The monoisotopic (exact) mass is 392 g/mol. The zero-order chi connectivity index (χ0) is 20.6. The van der Waals surface area contributed by atoms with E-state index in [-0.39, 0.29) is 17.9 Å². The van der Waals surface area contributed by atoms with E-state index in [1.807, 2.05) is 0 Å². The van der Waals surface area contributed by atoms with Gasteiger partial charge in [0.05, 0.1) is 22.7 Å². The minimum Gasteiger partial charge on any atom is -0.258 e. The summed E-state index contributed by atoms with van der Waals surface area (Å²) in [5, 5.41) is 15.1. The van der Waals surface area contributed by atoms with E-state index >= 15 is 0 Å². The number of aryl methyl sites for hydroxylation is 2. The van der Waals surface area contributed by atoms with Crippen LogP contribution in [0.1, 0.15) is 22.5 Å². The lowest BCUT2D eigenvalue weighted by molar-refractivity contribution is -0.385. The van der Waals surface area contributed by atoms with Crippen molar-refractivity contribution in [2.24, 2.45) is 0 Å². The molecule has 7 nitrogen and oxygen atoms in total. The molecule has 3 aromatic rings. The Morgan fingerprint density at radius 3 is 2.29 bits per heavy atom. The topological polar surface area (TPSA) is 83.0 Å². The molecule has 0 aliphatic heterocycles. The molecule has 146 valence electrons. The van der Waals surface area contributed by atoms with Crippen molar-refractivity contribution in [1.29, 1.82) is 0 Å². The van der Waals surface area contributed by atoms with E-state index in [1.165, 1.54) is 28.8 Å². The summed E-state index contributed by atoms with van der Waals surface area (Å²) >= 11 is 0. The van der Waals surface area contributed by atoms with Crippen LogP contribution >= 0.6 is 0 Å². The molecule has 0 bridgehead atoms. The summed E-state index contributed by atoms with van der Waals surface area (Å²) in [6, 6.07) is 8.70. The molecule has 3 rings (SSSR count). The van der Waals surface area contributed by atoms with E-state index in [0.29, 0.717) is 17.0 Å². The summed E-state index contributed by atoms with van der Waals surface area (Å²) in [6.45, 7) is 3.24. The van der Waals surface area contributed by atoms with Gasteiger partial charge in [-0.2, -0.15) is 18.3 Å². The van der Waals surface area contributed by atoms with E-state index < -0.39 is 22.4 Å². The third-order valence-electron chi connectivity index (χ3n) is 4.24. The van der Waals surface area contributed by atoms with Crippen molar-refractivity contribution in [3.63, 3.8) is 0 Å². The molecule has 0 atom stereocenters. The number of nitrogens with zero attached hydrogens (tertiary/aromatic N) is 4. The summed E-state index contributed by atoms with van der Waals surface area (Å²) in [7, 11) is 0. The van der Waals surface area contributed by atoms with E-state index in [0.717, 1.165) is 16.8 Å². The standard InChI is InChI=1S/C18H15F3N4O3/c1-11-9-13(3-8-16(11)25(27)28)10-23-17(26)24(12(2)22-23)15-6-4-14(5-7-15)18(19,20)21/h3-9H,10H2,1-2H3. The Morgan fingerprint density at radius 1 is 1.11 bits per heavy atom. The first-order valence-electron chi connectivity index (χ1n) is 8.16. The van der Waals surface area contributed by atoms with Gasteiger partial charge in [-0.1, -0.05) is 6.07 Å². The second kappa shape index (κ2) is 6.95. The van der Waals surface area contributed by atoms with Gasteiger partial charge in [-0.15, -0.1) is 0 Å². The second-order valence-corrected chi connectivity index (χ2v) is 6.25. The van der Waals surface area contributed by atoms with Crippen molar-refractivity contribution in [2.45, 2.75) is 26.6 Å². The number of nitro groups is 1. The van der Waals surface area contributed by atoms with Crippen molar-refractivity contribution < 1.29 is 18.1 Å². The normalized spacial score (nSPS) is 11.6. The van der Waals surface area contributed by atoms with Gasteiger partial charge in [-0.25, -0.2) is 14.0 Å². The van der Waals surface area contributed by atoms with E-state index in [1.54, 1.807) is 19.9 Å². The first-order chi connectivity index (χ1) is 13.1. The van der Waals surface area contributed by atoms with Crippen LogP contribution in [0.25, 0.3) is 5.69 Å². The maximum Gasteiger partial charge on any atom is 0.416 e. The largest absolute Gasteiger partial charge is 0.416 e. The van der Waals surface area contributed by atoms with Crippen LogP contribution in [-0.4, -0.2) is 19.3 Å².